The summed E-state index contributed by atoms with van der Waals surface area (Å²) in [6.45, 7) is 1.37. The smallest absolute Gasteiger partial charge is 0.325 e. The highest BCUT2D eigenvalue weighted by atomic mass is 16.6. The van der Waals surface area contributed by atoms with Crippen molar-refractivity contribution >= 4 is 11.7 Å². The predicted molar refractivity (Wildman–Crippen MR) is 74.6 cm³/mol. The van der Waals surface area contributed by atoms with Gasteiger partial charge in [-0.3, -0.25) is 14.9 Å². The van der Waals surface area contributed by atoms with E-state index in [1.807, 2.05) is 19.0 Å². The zero-order valence-corrected chi connectivity index (χ0v) is 11.6. The molecule has 0 amide bonds. The monoisotopic (exact) mass is 281 g/mol. The van der Waals surface area contributed by atoms with Crippen LogP contribution in [-0.4, -0.2) is 48.1 Å². The van der Waals surface area contributed by atoms with E-state index in [1.54, 1.807) is 6.07 Å². The molecule has 1 atom stereocenters. The van der Waals surface area contributed by atoms with Crippen LogP contribution in [0.4, 0.5) is 5.69 Å². The Morgan fingerprint density at radius 1 is 1.50 bits per heavy atom. The maximum atomic E-state index is 11.3. The molecule has 0 fully saturated rings. The maximum Gasteiger partial charge on any atom is 0.325 e. The fourth-order valence-electron chi connectivity index (χ4n) is 1.81. The number of nitro groups is 1. The van der Waals surface area contributed by atoms with E-state index in [2.05, 4.69) is 5.32 Å². The summed E-state index contributed by atoms with van der Waals surface area (Å²) in [5, 5.41) is 22.8. The molecule has 1 aromatic carbocycles. The molecule has 1 aromatic rings. The lowest BCUT2D eigenvalue weighted by atomic mass is 10.1. The lowest BCUT2D eigenvalue weighted by molar-refractivity contribution is -0.384. The van der Waals surface area contributed by atoms with Crippen LogP contribution in [0.3, 0.4) is 0 Å². The van der Waals surface area contributed by atoms with E-state index in [4.69, 9.17) is 0 Å². The Morgan fingerprint density at radius 3 is 2.75 bits per heavy atom. The first-order valence-corrected chi connectivity index (χ1v) is 6.27. The number of nitrogens with one attached hydrogen (secondary N) is 1. The van der Waals surface area contributed by atoms with E-state index in [0.717, 1.165) is 13.0 Å². The molecular formula is C13H19N3O4. The molecule has 0 aliphatic rings. The van der Waals surface area contributed by atoms with Crippen LogP contribution < -0.4 is 5.32 Å². The van der Waals surface area contributed by atoms with Crippen molar-refractivity contribution in [3.05, 3.63) is 39.9 Å². The molecular weight excluding hydrogens is 262 g/mol. The van der Waals surface area contributed by atoms with Crippen LogP contribution in [-0.2, 0) is 4.79 Å². The summed E-state index contributed by atoms with van der Waals surface area (Å²) in [5.41, 5.74) is 0.278. The molecule has 0 radical (unpaired) electrons. The molecule has 0 aliphatic heterocycles. The summed E-state index contributed by atoms with van der Waals surface area (Å²) in [6, 6.07) is 4.76. The fourth-order valence-corrected chi connectivity index (χ4v) is 1.81. The standard InChI is InChI=1S/C13H19N3O4/c1-15(2)8-4-7-14-12(13(17)18)10-5-3-6-11(9-10)16(19)20/h3,5-6,9,12,14H,4,7-8H2,1-2H3,(H,17,18). The molecule has 110 valence electrons. The molecule has 0 bridgehead atoms. The predicted octanol–water partition coefficient (Wildman–Crippen LogP) is 1.26. The number of benzene rings is 1. The molecule has 0 spiro atoms. The van der Waals surface area contributed by atoms with Crippen LogP contribution in [0.25, 0.3) is 0 Å². The van der Waals surface area contributed by atoms with Gasteiger partial charge in [0.15, 0.2) is 0 Å². The highest BCUT2D eigenvalue weighted by molar-refractivity contribution is 5.75. The van der Waals surface area contributed by atoms with Gasteiger partial charge in [0.1, 0.15) is 6.04 Å². The van der Waals surface area contributed by atoms with Gasteiger partial charge in [0, 0.05) is 12.1 Å². The average molecular weight is 281 g/mol. The number of rotatable bonds is 8. The van der Waals surface area contributed by atoms with Crippen molar-refractivity contribution in [1.82, 2.24) is 10.2 Å². The minimum absolute atomic E-state index is 0.108. The SMILES string of the molecule is CN(C)CCCNC(C(=O)O)c1cccc([N+](=O)[O-])c1. The molecule has 7 heteroatoms. The number of hydrogen-bond acceptors (Lipinski definition) is 5. The van der Waals surface area contributed by atoms with Crippen molar-refractivity contribution in [2.45, 2.75) is 12.5 Å². The summed E-state index contributed by atoms with van der Waals surface area (Å²) in [6.07, 6.45) is 0.797. The number of carboxylic acids is 1. The molecule has 0 aliphatic carbocycles. The maximum absolute atomic E-state index is 11.3. The van der Waals surface area contributed by atoms with Crippen molar-refractivity contribution in [2.24, 2.45) is 0 Å². The van der Waals surface area contributed by atoms with Gasteiger partial charge in [0.25, 0.3) is 5.69 Å². The van der Waals surface area contributed by atoms with E-state index in [9.17, 15) is 20.0 Å². The Labute approximate surface area is 117 Å². The van der Waals surface area contributed by atoms with Gasteiger partial charge in [-0.05, 0) is 39.2 Å². The van der Waals surface area contributed by atoms with Crippen molar-refractivity contribution in [3.8, 4) is 0 Å². The highest BCUT2D eigenvalue weighted by Crippen LogP contribution is 2.19. The minimum Gasteiger partial charge on any atom is -0.480 e. The first-order chi connectivity index (χ1) is 9.41. The summed E-state index contributed by atoms with van der Waals surface area (Å²) in [4.78, 5) is 23.5. The zero-order chi connectivity index (χ0) is 15.1. The summed E-state index contributed by atoms with van der Waals surface area (Å²) < 4.78 is 0. The third-order valence-corrected chi connectivity index (χ3v) is 2.79. The van der Waals surface area contributed by atoms with E-state index in [-0.39, 0.29) is 5.69 Å². The van der Waals surface area contributed by atoms with Crippen LogP contribution in [0, 0.1) is 10.1 Å². The zero-order valence-electron chi connectivity index (χ0n) is 11.6. The second-order valence-corrected chi connectivity index (χ2v) is 4.73. The quantitative estimate of drug-likeness (QED) is 0.423. The van der Waals surface area contributed by atoms with Gasteiger partial charge >= 0.3 is 5.97 Å². The average Bonchev–Trinajstić information content (AvgIpc) is 2.38. The molecule has 1 unspecified atom stereocenters. The van der Waals surface area contributed by atoms with Crippen LogP contribution in [0.2, 0.25) is 0 Å². The van der Waals surface area contributed by atoms with E-state index in [1.165, 1.54) is 18.2 Å². The molecule has 20 heavy (non-hydrogen) atoms. The number of hydrogen-bond donors (Lipinski definition) is 2. The van der Waals surface area contributed by atoms with Gasteiger partial charge in [-0.15, -0.1) is 0 Å². The number of nitrogens with zero attached hydrogens (tertiary/aromatic N) is 2. The van der Waals surface area contributed by atoms with Gasteiger partial charge in [0.2, 0.25) is 0 Å². The normalized spacial score (nSPS) is 12.3. The Balaban J connectivity index is 2.73. The van der Waals surface area contributed by atoms with Crippen LogP contribution in [0.15, 0.2) is 24.3 Å². The van der Waals surface area contributed by atoms with E-state index >= 15 is 0 Å². The van der Waals surface area contributed by atoms with Crippen molar-refractivity contribution in [3.63, 3.8) is 0 Å². The Bertz CT molecular complexity index is 476. The van der Waals surface area contributed by atoms with Gasteiger partial charge in [-0.25, -0.2) is 0 Å². The fraction of sp³-hybridized carbons (Fsp3) is 0.462. The summed E-state index contributed by atoms with van der Waals surface area (Å²) in [5.74, 6) is -1.05. The van der Waals surface area contributed by atoms with Crippen molar-refractivity contribution in [1.29, 1.82) is 0 Å². The topological polar surface area (TPSA) is 95.7 Å². The lowest BCUT2D eigenvalue weighted by Gasteiger charge is -2.16. The number of nitro benzene ring substituents is 1. The largest absolute Gasteiger partial charge is 0.480 e. The minimum atomic E-state index is -1.05. The van der Waals surface area contributed by atoms with Crippen LogP contribution >= 0.6 is 0 Å². The molecule has 7 nitrogen and oxygen atoms in total. The van der Waals surface area contributed by atoms with Crippen LogP contribution in [0.1, 0.15) is 18.0 Å². The number of aliphatic carboxylic acids is 1. The van der Waals surface area contributed by atoms with Gasteiger partial charge in [-0.2, -0.15) is 0 Å². The lowest BCUT2D eigenvalue weighted by Crippen LogP contribution is -2.30. The molecule has 0 aromatic heterocycles. The molecule has 0 heterocycles. The highest BCUT2D eigenvalue weighted by Gasteiger charge is 2.20. The third kappa shape index (κ3) is 4.94. The summed E-state index contributed by atoms with van der Waals surface area (Å²) >= 11 is 0. The molecule has 2 N–H and O–H groups in total. The third-order valence-electron chi connectivity index (χ3n) is 2.79. The summed E-state index contributed by atoms with van der Waals surface area (Å²) in [7, 11) is 3.88. The number of carboxylic acid groups (broad SMARTS) is 1. The van der Waals surface area contributed by atoms with Crippen LogP contribution in [0.5, 0.6) is 0 Å². The Kier molecular flexibility index (Phi) is 6.08. The van der Waals surface area contributed by atoms with Gasteiger partial charge in [-0.1, -0.05) is 12.1 Å². The number of carbonyl (C=O) groups is 1. The molecule has 0 saturated heterocycles. The van der Waals surface area contributed by atoms with E-state index in [0.29, 0.717) is 12.1 Å². The Morgan fingerprint density at radius 2 is 2.20 bits per heavy atom. The first kappa shape index (κ1) is 16.1. The van der Waals surface area contributed by atoms with Gasteiger partial charge < -0.3 is 15.3 Å². The molecule has 0 saturated carbocycles. The van der Waals surface area contributed by atoms with E-state index < -0.39 is 16.9 Å². The second-order valence-electron chi connectivity index (χ2n) is 4.73. The number of non-ortho nitro benzene ring substituents is 1. The second kappa shape index (κ2) is 7.56. The first-order valence-electron chi connectivity index (χ1n) is 6.27. The van der Waals surface area contributed by atoms with Gasteiger partial charge in [0.05, 0.1) is 4.92 Å². The Hall–Kier alpha value is -1.99. The molecule has 1 rings (SSSR count). The van der Waals surface area contributed by atoms with Crippen molar-refractivity contribution in [2.75, 3.05) is 27.2 Å². The van der Waals surface area contributed by atoms with Crippen molar-refractivity contribution < 1.29 is 14.8 Å².